The summed E-state index contributed by atoms with van der Waals surface area (Å²) >= 11 is 1.96. The van der Waals surface area contributed by atoms with Crippen LogP contribution in [0.5, 0.6) is 0 Å². The van der Waals surface area contributed by atoms with Gasteiger partial charge in [-0.15, -0.1) is 0 Å². The highest BCUT2D eigenvalue weighted by Gasteiger charge is 2.28. The molecule has 6 heteroatoms. The zero-order chi connectivity index (χ0) is 12.5. The van der Waals surface area contributed by atoms with Crippen LogP contribution in [0.25, 0.3) is 0 Å². The standard InChI is InChI=1S/C11H20N4OS/c1-11(2,3)8(12)9-13-10(14-16-9)15-4-6-17-7-5-15/h8H,4-7,12H2,1-3H3/t8-/m0/s1. The summed E-state index contributed by atoms with van der Waals surface area (Å²) in [7, 11) is 0. The minimum absolute atomic E-state index is 0.0679. The highest BCUT2D eigenvalue weighted by Crippen LogP contribution is 2.30. The minimum Gasteiger partial charge on any atom is -0.337 e. The molecule has 1 aromatic rings. The van der Waals surface area contributed by atoms with Crippen LogP contribution in [0.4, 0.5) is 5.95 Å². The molecule has 0 unspecified atom stereocenters. The third-order valence-corrected chi connectivity index (χ3v) is 3.87. The summed E-state index contributed by atoms with van der Waals surface area (Å²) in [5, 5.41) is 4.03. The van der Waals surface area contributed by atoms with Gasteiger partial charge in [-0.25, -0.2) is 0 Å². The maximum Gasteiger partial charge on any atom is 0.266 e. The third kappa shape index (κ3) is 2.93. The lowest BCUT2D eigenvalue weighted by Crippen LogP contribution is -2.33. The fraction of sp³-hybridized carbons (Fsp3) is 0.818. The van der Waals surface area contributed by atoms with Gasteiger partial charge in [0, 0.05) is 24.6 Å². The van der Waals surface area contributed by atoms with Crippen molar-refractivity contribution in [2.24, 2.45) is 11.1 Å². The molecule has 1 aliphatic heterocycles. The summed E-state index contributed by atoms with van der Waals surface area (Å²) in [6, 6.07) is -0.220. The number of rotatable bonds is 2. The van der Waals surface area contributed by atoms with Gasteiger partial charge in [0.1, 0.15) is 0 Å². The fourth-order valence-corrected chi connectivity index (χ4v) is 2.52. The normalized spacial score (nSPS) is 19.4. The van der Waals surface area contributed by atoms with Crippen molar-refractivity contribution in [3.05, 3.63) is 5.89 Å². The summed E-state index contributed by atoms with van der Waals surface area (Å²) in [6.45, 7) is 8.17. The van der Waals surface area contributed by atoms with E-state index in [1.54, 1.807) is 0 Å². The molecule has 1 aromatic heterocycles. The second-order valence-corrected chi connectivity index (χ2v) is 6.60. The van der Waals surface area contributed by atoms with Crippen molar-refractivity contribution in [1.82, 2.24) is 10.1 Å². The summed E-state index contributed by atoms with van der Waals surface area (Å²) in [6.07, 6.45) is 0. The Hall–Kier alpha value is -0.750. The van der Waals surface area contributed by atoms with E-state index in [-0.39, 0.29) is 11.5 Å². The predicted octanol–water partition coefficient (Wildman–Crippen LogP) is 1.67. The smallest absolute Gasteiger partial charge is 0.266 e. The van der Waals surface area contributed by atoms with Crippen LogP contribution in [-0.4, -0.2) is 34.7 Å². The summed E-state index contributed by atoms with van der Waals surface area (Å²) in [5.74, 6) is 3.45. The van der Waals surface area contributed by atoms with Crippen molar-refractivity contribution >= 4 is 17.7 Å². The molecule has 0 aliphatic carbocycles. The van der Waals surface area contributed by atoms with Gasteiger partial charge in [0.25, 0.3) is 5.95 Å². The van der Waals surface area contributed by atoms with Crippen LogP contribution < -0.4 is 10.6 Å². The van der Waals surface area contributed by atoms with Crippen molar-refractivity contribution < 1.29 is 4.52 Å². The molecule has 2 N–H and O–H groups in total. The predicted molar refractivity (Wildman–Crippen MR) is 70.2 cm³/mol. The Bertz CT molecular complexity index is 368. The van der Waals surface area contributed by atoms with E-state index < -0.39 is 0 Å². The molecule has 17 heavy (non-hydrogen) atoms. The van der Waals surface area contributed by atoms with Crippen molar-refractivity contribution in [3.63, 3.8) is 0 Å². The lowest BCUT2D eigenvalue weighted by Gasteiger charge is -2.25. The van der Waals surface area contributed by atoms with Crippen molar-refractivity contribution in [2.45, 2.75) is 26.8 Å². The highest BCUT2D eigenvalue weighted by atomic mass is 32.2. The molecular formula is C11H20N4OS. The van der Waals surface area contributed by atoms with Gasteiger partial charge in [-0.05, 0) is 10.6 Å². The summed E-state index contributed by atoms with van der Waals surface area (Å²) in [4.78, 5) is 6.57. The monoisotopic (exact) mass is 256 g/mol. The van der Waals surface area contributed by atoms with E-state index >= 15 is 0 Å². The second kappa shape index (κ2) is 4.86. The molecular weight excluding hydrogens is 236 g/mol. The molecule has 96 valence electrons. The van der Waals surface area contributed by atoms with Gasteiger partial charge in [-0.2, -0.15) is 16.7 Å². The lowest BCUT2D eigenvalue weighted by atomic mass is 9.87. The average Bonchev–Trinajstić information content (AvgIpc) is 2.77. The molecule has 0 bridgehead atoms. The summed E-state index contributed by atoms with van der Waals surface area (Å²) < 4.78 is 5.27. The molecule has 0 amide bonds. The van der Waals surface area contributed by atoms with Crippen LogP contribution in [0.1, 0.15) is 32.7 Å². The Morgan fingerprint density at radius 2 is 2.00 bits per heavy atom. The topological polar surface area (TPSA) is 68.2 Å². The molecule has 1 saturated heterocycles. The van der Waals surface area contributed by atoms with Crippen LogP contribution in [0.2, 0.25) is 0 Å². The van der Waals surface area contributed by atoms with Crippen molar-refractivity contribution in [1.29, 1.82) is 0 Å². The molecule has 2 heterocycles. The largest absolute Gasteiger partial charge is 0.337 e. The van der Waals surface area contributed by atoms with E-state index in [2.05, 4.69) is 35.8 Å². The maximum absolute atomic E-state index is 6.10. The van der Waals surface area contributed by atoms with E-state index in [4.69, 9.17) is 10.3 Å². The maximum atomic E-state index is 6.10. The molecule has 0 radical (unpaired) electrons. The Balaban J connectivity index is 2.10. The van der Waals surface area contributed by atoms with E-state index in [9.17, 15) is 0 Å². The Morgan fingerprint density at radius 1 is 1.35 bits per heavy atom. The van der Waals surface area contributed by atoms with Gasteiger partial charge in [-0.1, -0.05) is 20.8 Å². The van der Waals surface area contributed by atoms with Gasteiger partial charge in [-0.3, -0.25) is 0 Å². The lowest BCUT2D eigenvalue weighted by molar-refractivity contribution is 0.253. The van der Waals surface area contributed by atoms with Crippen LogP contribution in [-0.2, 0) is 0 Å². The van der Waals surface area contributed by atoms with Crippen LogP contribution in [0.3, 0.4) is 0 Å². The molecule has 1 aliphatic rings. The highest BCUT2D eigenvalue weighted by molar-refractivity contribution is 7.99. The number of hydrogen-bond acceptors (Lipinski definition) is 6. The van der Waals surface area contributed by atoms with Gasteiger partial charge in [0.05, 0.1) is 6.04 Å². The number of thioether (sulfide) groups is 1. The van der Waals surface area contributed by atoms with Crippen molar-refractivity contribution in [3.8, 4) is 0 Å². The Morgan fingerprint density at radius 3 is 2.59 bits per heavy atom. The van der Waals surface area contributed by atoms with Gasteiger partial charge < -0.3 is 15.2 Å². The number of anilines is 1. The first-order valence-corrected chi connectivity index (χ1v) is 7.06. The zero-order valence-electron chi connectivity index (χ0n) is 10.6. The Kier molecular flexibility index (Phi) is 3.63. The first-order chi connectivity index (χ1) is 7.98. The quantitative estimate of drug-likeness (QED) is 0.868. The van der Waals surface area contributed by atoms with E-state index in [1.165, 1.54) is 0 Å². The molecule has 5 nitrogen and oxygen atoms in total. The molecule has 0 spiro atoms. The van der Waals surface area contributed by atoms with Gasteiger partial charge in [0.15, 0.2) is 0 Å². The number of nitrogens with zero attached hydrogens (tertiary/aromatic N) is 3. The first kappa shape index (κ1) is 12.7. The number of aromatic nitrogens is 2. The van der Waals surface area contributed by atoms with Crippen LogP contribution >= 0.6 is 11.8 Å². The second-order valence-electron chi connectivity index (χ2n) is 5.38. The van der Waals surface area contributed by atoms with Gasteiger partial charge >= 0.3 is 0 Å². The molecule has 2 rings (SSSR count). The van der Waals surface area contributed by atoms with Crippen LogP contribution in [0.15, 0.2) is 4.52 Å². The SMILES string of the molecule is CC(C)(C)[C@@H](N)c1nc(N2CCSCC2)no1. The molecule has 0 saturated carbocycles. The summed E-state index contributed by atoms with van der Waals surface area (Å²) in [5.41, 5.74) is 6.03. The average molecular weight is 256 g/mol. The zero-order valence-corrected chi connectivity index (χ0v) is 11.5. The first-order valence-electron chi connectivity index (χ1n) is 5.90. The van der Waals surface area contributed by atoms with E-state index in [1.807, 2.05) is 11.8 Å². The number of nitrogens with two attached hydrogens (primary N) is 1. The van der Waals surface area contributed by atoms with Gasteiger partial charge in [0.2, 0.25) is 5.89 Å². The van der Waals surface area contributed by atoms with Crippen molar-refractivity contribution in [2.75, 3.05) is 29.5 Å². The molecule has 0 aromatic carbocycles. The molecule has 1 fully saturated rings. The fourth-order valence-electron chi connectivity index (χ4n) is 1.62. The van der Waals surface area contributed by atoms with E-state index in [0.717, 1.165) is 24.6 Å². The Labute approximate surface area is 106 Å². The molecule has 1 atom stereocenters. The third-order valence-electron chi connectivity index (χ3n) is 2.92. The van der Waals surface area contributed by atoms with E-state index in [0.29, 0.717) is 11.8 Å². The van der Waals surface area contributed by atoms with Crippen LogP contribution in [0, 0.1) is 5.41 Å². The minimum atomic E-state index is -0.220. The number of hydrogen-bond donors (Lipinski definition) is 1.